The Balaban J connectivity index is 1.54. The summed E-state index contributed by atoms with van der Waals surface area (Å²) < 4.78 is 35.6. The number of nitrogens with one attached hydrogen (secondary N) is 1. The van der Waals surface area contributed by atoms with Crippen molar-refractivity contribution in [2.45, 2.75) is 24.8 Å². The highest BCUT2D eigenvalue weighted by atomic mass is 32.2. The zero-order valence-corrected chi connectivity index (χ0v) is 21.9. The monoisotopic (exact) mass is 537 g/mol. The first-order chi connectivity index (χ1) is 18.7. The second kappa shape index (κ2) is 10.4. The lowest BCUT2D eigenvalue weighted by molar-refractivity contribution is 0.0693. The van der Waals surface area contributed by atoms with Crippen LogP contribution < -0.4 is 9.46 Å². The molecule has 0 aliphatic rings. The molecule has 8 nitrogen and oxygen atoms in total. The first-order valence-corrected chi connectivity index (χ1v) is 13.5. The van der Waals surface area contributed by atoms with Crippen molar-refractivity contribution in [1.29, 1.82) is 0 Å². The Hall–Kier alpha value is -4.94. The maximum atomic E-state index is 13.5. The molecule has 0 aliphatic carbocycles. The number of anilines is 1. The second-order valence-electron chi connectivity index (χ2n) is 8.90. The van der Waals surface area contributed by atoms with Gasteiger partial charge in [-0.3, -0.25) is 9.71 Å². The Bertz CT molecular complexity index is 1910. The summed E-state index contributed by atoms with van der Waals surface area (Å²) in [5.41, 5.74) is 1.47. The summed E-state index contributed by atoms with van der Waals surface area (Å²) in [4.78, 5) is 20.0. The van der Waals surface area contributed by atoms with Crippen molar-refractivity contribution in [1.82, 2.24) is 9.97 Å². The lowest BCUT2D eigenvalue weighted by Gasteiger charge is -2.15. The van der Waals surface area contributed by atoms with Crippen LogP contribution in [0.15, 0.2) is 90.1 Å². The van der Waals surface area contributed by atoms with Gasteiger partial charge in [-0.05, 0) is 50.2 Å². The van der Waals surface area contributed by atoms with Crippen LogP contribution >= 0.6 is 0 Å². The van der Waals surface area contributed by atoms with Crippen LogP contribution in [0.3, 0.4) is 0 Å². The molecule has 0 bridgehead atoms. The maximum Gasteiger partial charge on any atom is 0.355 e. The Morgan fingerprint density at radius 1 is 0.872 bits per heavy atom. The van der Waals surface area contributed by atoms with Crippen molar-refractivity contribution in [2.24, 2.45) is 0 Å². The van der Waals surface area contributed by atoms with Crippen molar-refractivity contribution >= 4 is 43.4 Å². The quantitative estimate of drug-likeness (QED) is 0.276. The van der Waals surface area contributed by atoms with E-state index in [1.165, 1.54) is 18.5 Å². The van der Waals surface area contributed by atoms with Gasteiger partial charge in [0.1, 0.15) is 10.6 Å². The van der Waals surface area contributed by atoms with Gasteiger partial charge in [-0.1, -0.05) is 48.2 Å². The summed E-state index contributed by atoms with van der Waals surface area (Å²) in [6, 6.07) is 20.3. The molecule has 3 aromatic carbocycles. The number of hydrogen-bond donors (Lipinski definition) is 2. The number of carbonyl (C=O) groups is 1. The molecular weight excluding hydrogens is 514 g/mol. The predicted octanol–water partition coefficient (Wildman–Crippen LogP) is 5.47. The van der Waals surface area contributed by atoms with Crippen molar-refractivity contribution in [2.75, 3.05) is 4.72 Å². The van der Waals surface area contributed by atoms with E-state index in [-0.39, 0.29) is 22.4 Å². The molecule has 0 radical (unpaired) electrons. The standard InChI is InChI=1S/C30H23N3O5S/c1-19(2)38-26-15-16-27(28-24(26)11-7-17-31-28)39(36,37)33-25-12-6-3-8-20(25)13-14-21-18-32-29(30(34)35)23-10-5-4-9-22(21)23/h3-12,15-19,33H,1-2H3,(H,34,35). The van der Waals surface area contributed by atoms with E-state index in [4.69, 9.17) is 4.74 Å². The van der Waals surface area contributed by atoms with E-state index < -0.39 is 16.0 Å². The van der Waals surface area contributed by atoms with E-state index in [0.717, 1.165) is 0 Å². The largest absolute Gasteiger partial charge is 0.490 e. The van der Waals surface area contributed by atoms with E-state index >= 15 is 0 Å². The number of aromatic carboxylic acids is 1. The molecule has 9 heteroatoms. The summed E-state index contributed by atoms with van der Waals surface area (Å²) in [7, 11) is -4.05. The number of aromatic nitrogens is 2. The summed E-state index contributed by atoms with van der Waals surface area (Å²) in [5, 5.41) is 11.2. The smallest absolute Gasteiger partial charge is 0.355 e. The third kappa shape index (κ3) is 5.23. The molecule has 0 unspecified atom stereocenters. The number of ether oxygens (including phenoxy) is 1. The van der Waals surface area contributed by atoms with Crippen LogP contribution in [0.5, 0.6) is 5.75 Å². The number of nitrogens with zero attached hydrogens (tertiary/aromatic N) is 2. The second-order valence-corrected chi connectivity index (χ2v) is 10.6. The number of carboxylic acid groups (broad SMARTS) is 1. The number of benzene rings is 3. The van der Waals surface area contributed by atoms with E-state index in [2.05, 4.69) is 26.5 Å². The molecule has 0 saturated carbocycles. The molecular formula is C30H23N3O5S. The van der Waals surface area contributed by atoms with Gasteiger partial charge in [-0.25, -0.2) is 18.2 Å². The Morgan fingerprint density at radius 3 is 2.33 bits per heavy atom. The summed E-state index contributed by atoms with van der Waals surface area (Å²) in [6.07, 6.45) is 2.85. The van der Waals surface area contributed by atoms with Crippen molar-refractivity contribution < 1.29 is 23.1 Å². The fourth-order valence-electron chi connectivity index (χ4n) is 4.17. The van der Waals surface area contributed by atoms with Gasteiger partial charge in [0.15, 0.2) is 5.69 Å². The average molecular weight is 538 g/mol. The first kappa shape index (κ1) is 25.7. The molecule has 2 N–H and O–H groups in total. The molecule has 194 valence electrons. The zero-order valence-electron chi connectivity index (χ0n) is 21.0. The van der Waals surface area contributed by atoms with Gasteiger partial charge in [-0.2, -0.15) is 0 Å². The molecule has 2 aromatic heterocycles. The molecule has 0 atom stereocenters. The Labute approximate surface area is 225 Å². The summed E-state index contributed by atoms with van der Waals surface area (Å²) in [6.45, 7) is 3.79. The molecule has 39 heavy (non-hydrogen) atoms. The van der Waals surface area contributed by atoms with Gasteiger partial charge in [0, 0.05) is 34.1 Å². The number of pyridine rings is 2. The summed E-state index contributed by atoms with van der Waals surface area (Å²) >= 11 is 0. The fraction of sp³-hybridized carbons (Fsp3) is 0.100. The van der Waals surface area contributed by atoms with Gasteiger partial charge in [0.05, 0.1) is 22.9 Å². The Kier molecular flexibility index (Phi) is 6.88. The third-order valence-electron chi connectivity index (χ3n) is 5.85. The minimum atomic E-state index is -4.05. The van der Waals surface area contributed by atoms with Crippen molar-refractivity contribution in [3.8, 4) is 17.6 Å². The number of rotatable bonds is 6. The first-order valence-electron chi connectivity index (χ1n) is 12.0. The minimum Gasteiger partial charge on any atom is -0.490 e. The SMILES string of the molecule is CC(C)Oc1ccc(S(=O)(=O)Nc2ccccc2C#Cc2cnc(C(=O)O)c3ccccc23)c2ncccc12. The van der Waals surface area contributed by atoms with Crippen molar-refractivity contribution in [3.63, 3.8) is 0 Å². The molecule has 0 saturated heterocycles. The van der Waals surface area contributed by atoms with Crippen LogP contribution in [-0.4, -0.2) is 35.6 Å². The van der Waals surface area contributed by atoms with Gasteiger partial charge >= 0.3 is 5.97 Å². The average Bonchev–Trinajstić information content (AvgIpc) is 2.92. The lowest BCUT2D eigenvalue weighted by Crippen LogP contribution is -2.15. The van der Waals surface area contributed by atoms with Gasteiger partial charge in [0.25, 0.3) is 10.0 Å². The fourth-order valence-corrected chi connectivity index (χ4v) is 5.41. The Morgan fingerprint density at radius 2 is 1.56 bits per heavy atom. The molecule has 0 spiro atoms. The number of fused-ring (bicyclic) bond motifs is 2. The molecule has 2 heterocycles. The molecule has 0 amide bonds. The van der Waals surface area contributed by atoms with Crippen LogP contribution in [-0.2, 0) is 10.0 Å². The van der Waals surface area contributed by atoms with E-state index in [1.807, 2.05) is 13.8 Å². The highest BCUT2D eigenvalue weighted by molar-refractivity contribution is 7.93. The van der Waals surface area contributed by atoms with Gasteiger partial charge in [-0.15, -0.1) is 0 Å². The van der Waals surface area contributed by atoms with Crippen LogP contribution in [0.2, 0.25) is 0 Å². The number of hydrogen-bond acceptors (Lipinski definition) is 6. The predicted molar refractivity (Wildman–Crippen MR) is 149 cm³/mol. The van der Waals surface area contributed by atoms with Crippen molar-refractivity contribution in [3.05, 3.63) is 102 Å². The molecule has 0 fully saturated rings. The maximum absolute atomic E-state index is 13.5. The minimum absolute atomic E-state index is 0.0106. The summed E-state index contributed by atoms with van der Waals surface area (Å²) in [5.74, 6) is 5.46. The highest BCUT2D eigenvalue weighted by Crippen LogP contribution is 2.31. The van der Waals surface area contributed by atoms with E-state index in [0.29, 0.717) is 38.6 Å². The number of sulfonamides is 1. The normalized spacial score (nSPS) is 11.3. The van der Waals surface area contributed by atoms with E-state index in [1.54, 1.807) is 66.7 Å². The molecule has 0 aliphatic heterocycles. The molecule has 5 aromatic rings. The van der Waals surface area contributed by atoms with Crippen LogP contribution in [0.4, 0.5) is 5.69 Å². The number of para-hydroxylation sites is 1. The van der Waals surface area contributed by atoms with Crippen LogP contribution in [0.1, 0.15) is 35.5 Å². The highest BCUT2D eigenvalue weighted by Gasteiger charge is 2.21. The van der Waals surface area contributed by atoms with Crippen LogP contribution in [0.25, 0.3) is 21.7 Å². The lowest BCUT2D eigenvalue weighted by atomic mass is 10.0. The zero-order chi connectivity index (χ0) is 27.6. The van der Waals surface area contributed by atoms with Gasteiger partial charge in [0.2, 0.25) is 0 Å². The van der Waals surface area contributed by atoms with Crippen LogP contribution in [0, 0.1) is 11.8 Å². The van der Waals surface area contributed by atoms with E-state index in [9.17, 15) is 18.3 Å². The van der Waals surface area contributed by atoms with Gasteiger partial charge < -0.3 is 9.84 Å². The number of carboxylic acids is 1. The topological polar surface area (TPSA) is 118 Å². The molecule has 5 rings (SSSR count). The third-order valence-corrected chi connectivity index (χ3v) is 7.24.